The maximum absolute atomic E-state index is 12.1. The second-order valence-corrected chi connectivity index (χ2v) is 5.23. The molecule has 0 saturated carbocycles. The lowest BCUT2D eigenvalue weighted by atomic mass is 9.89. The van der Waals surface area contributed by atoms with Gasteiger partial charge in [0.1, 0.15) is 0 Å². The first kappa shape index (κ1) is 13.2. The van der Waals surface area contributed by atoms with Crippen LogP contribution in [0.4, 0.5) is 0 Å². The van der Waals surface area contributed by atoms with Crippen LogP contribution in [0.3, 0.4) is 0 Å². The molecule has 0 unspecified atom stereocenters. The van der Waals surface area contributed by atoms with Crippen molar-refractivity contribution in [3.05, 3.63) is 24.3 Å². The summed E-state index contributed by atoms with van der Waals surface area (Å²) in [5.74, 6) is 0. The maximum Gasteiger partial charge on any atom is 0.326 e. The molecule has 0 aliphatic rings. The Morgan fingerprint density at radius 1 is 1.31 bits per heavy atom. The van der Waals surface area contributed by atoms with Crippen LogP contribution in [0.2, 0.25) is 0 Å². The summed E-state index contributed by atoms with van der Waals surface area (Å²) in [6.07, 6.45) is 0. The Balaban J connectivity index is 3.16. The highest BCUT2D eigenvalue weighted by Gasteiger charge is 2.21. The molecule has 0 amide bonds. The molecule has 1 radical (unpaired) electrons. The fraction of sp³-hybridized carbons (Fsp3) is 0.400. The Kier molecular flexibility index (Phi) is 4.52. The van der Waals surface area contributed by atoms with Crippen molar-refractivity contribution in [3.63, 3.8) is 0 Å². The summed E-state index contributed by atoms with van der Waals surface area (Å²) in [6.45, 7) is 4.46. The first-order valence-corrected chi connectivity index (χ1v) is 6.58. The van der Waals surface area contributed by atoms with E-state index in [9.17, 15) is 8.42 Å². The molecule has 0 aromatic heterocycles. The lowest BCUT2D eigenvalue weighted by Gasteiger charge is -2.18. The predicted octanol–water partition coefficient (Wildman–Crippen LogP) is -0.0461. The maximum atomic E-state index is 12.1. The van der Waals surface area contributed by atoms with E-state index in [-0.39, 0.29) is 4.90 Å². The number of nitrogens with zero attached hydrogens (tertiary/aromatic N) is 1. The highest BCUT2D eigenvalue weighted by atomic mass is 32.2. The van der Waals surface area contributed by atoms with Crippen LogP contribution in [0, 0.1) is 0 Å². The van der Waals surface area contributed by atoms with E-state index >= 15 is 0 Å². The molecule has 6 heteroatoms. The van der Waals surface area contributed by atoms with Gasteiger partial charge < -0.3 is 5.02 Å². The average Bonchev–Trinajstić information content (AvgIpc) is 2.30. The molecule has 4 nitrogen and oxygen atoms in total. The third kappa shape index (κ3) is 2.64. The van der Waals surface area contributed by atoms with Crippen LogP contribution in [0.25, 0.3) is 0 Å². The van der Waals surface area contributed by atoms with Gasteiger partial charge in [0.2, 0.25) is 10.0 Å². The van der Waals surface area contributed by atoms with Crippen LogP contribution in [0.5, 0.6) is 0 Å². The van der Waals surface area contributed by atoms with E-state index < -0.39 is 10.0 Å². The first-order valence-electron chi connectivity index (χ1n) is 5.13. The SMILES string of the molecule is CCN(CC)S(=O)(=O)c1cccc([B]O)c1. The zero-order valence-electron chi connectivity index (χ0n) is 9.42. The summed E-state index contributed by atoms with van der Waals surface area (Å²) in [6, 6.07) is 6.23. The fourth-order valence-electron chi connectivity index (χ4n) is 1.47. The van der Waals surface area contributed by atoms with Gasteiger partial charge in [-0.2, -0.15) is 4.31 Å². The van der Waals surface area contributed by atoms with Gasteiger partial charge in [0.05, 0.1) is 4.90 Å². The van der Waals surface area contributed by atoms with Gasteiger partial charge in [-0.1, -0.05) is 31.4 Å². The second kappa shape index (κ2) is 5.47. The number of sulfonamides is 1. The monoisotopic (exact) mass is 240 g/mol. The summed E-state index contributed by atoms with van der Waals surface area (Å²) < 4.78 is 25.6. The van der Waals surface area contributed by atoms with Crippen LogP contribution in [-0.2, 0) is 10.0 Å². The molecule has 0 saturated heterocycles. The van der Waals surface area contributed by atoms with Crippen LogP contribution >= 0.6 is 0 Å². The largest absolute Gasteiger partial charge is 0.450 e. The third-order valence-corrected chi connectivity index (χ3v) is 4.40. The van der Waals surface area contributed by atoms with E-state index in [1.165, 1.54) is 16.4 Å². The van der Waals surface area contributed by atoms with Gasteiger partial charge in [-0.15, -0.1) is 0 Å². The zero-order valence-corrected chi connectivity index (χ0v) is 10.2. The third-order valence-electron chi connectivity index (χ3n) is 2.35. The van der Waals surface area contributed by atoms with Crippen LogP contribution < -0.4 is 5.46 Å². The van der Waals surface area contributed by atoms with Crippen molar-refractivity contribution in [3.8, 4) is 0 Å². The van der Waals surface area contributed by atoms with E-state index in [0.29, 0.717) is 18.6 Å². The van der Waals surface area contributed by atoms with E-state index in [1.807, 2.05) is 0 Å². The molecule has 0 heterocycles. The molecule has 1 rings (SSSR count). The molecule has 0 aliphatic carbocycles. The molecule has 0 bridgehead atoms. The Bertz CT molecular complexity index is 443. The Hall–Kier alpha value is -0.845. The van der Waals surface area contributed by atoms with Gasteiger partial charge in [0.25, 0.3) is 0 Å². The molecule has 0 atom stereocenters. The molecular weight excluding hydrogens is 225 g/mol. The van der Waals surface area contributed by atoms with Gasteiger partial charge >= 0.3 is 7.48 Å². The molecule has 87 valence electrons. The summed E-state index contributed by atoms with van der Waals surface area (Å²) >= 11 is 0. The van der Waals surface area contributed by atoms with Crippen molar-refractivity contribution in [1.29, 1.82) is 0 Å². The van der Waals surface area contributed by atoms with Gasteiger partial charge in [-0.25, -0.2) is 8.42 Å². The predicted molar refractivity (Wildman–Crippen MR) is 64.2 cm³/mol. The van der Waals surface area contributed by atoms with Crippen LogP contribution in [-0.4, -0.2) is 38.3 Å². The minimum Gasteiger partial charge on any atom is -0.450 e. The summed E-state index contributed by atoms with van der Waals surface area (Å²) in [5, 5.41) is 8.85. The fourth-order valence-corrected chi connectivity index (χ4v) is 2.98. The number of hydrogen-bond acceptors (Lipinski definition) is 3. The Morgan fingerprint density at radius 2 is 1.94 bits per heavy atom. The van der Waals surface area contributed by atoms with Crippen molar-refractivity contribution in [2.24, 2.45) is 0 Å². The summed E-state index contributed by atoms with van der Waals surface area (Å²) in [5.41, 5.74) is 0.480. The minimum absolute atomic E-state index is 0.207. The van der Waals surface area contributed by atoms with E-state index in [2.05, 4.69) is 0 Å². The molecule has 0 fully saturated rings. The number of benzene rings is 1. The smallest absolute Gasteiger partial charge is 0.326 e. The van der Waals surface area contributed by atoms with Crippen molar-refractivity contribution < 1.29 is 13.4 Å². The zero-order chi connectivity index (χ0) is 12.2. The normalized spacial score (nSPS) is 11.8. The topological polar surface area (TPSA) is 57.6 Å². The minimum atomic E-state index is -3.43. The van der Waals surface area contributed by atoms with Gasteiger partial charge in [0.15, 0.2) is 0 Å². The molecule has 16 heavy (non-hydrogen) atoms. The quantitative estimate of drug-likeness (QED) is 0.734. The van der Waals surface area contributed by atoms with Crippen molar-refractivity contribution >= 4 is 23.0 Å². The Labute approximate surface area is 97.2 Å². The second-order valence-electron chi connectivity index (χ2n) is 3.29. The van der Waals surface area contributed by atoms with Gasteiger partial charge in [0, 0.05) is 13.1 Å². The van der Waals surface area contributed by atoms with Crippen molar-refractivity contribution in [2.45, 2.75) is 18.7 Å². The number of hydrogen-bond donors (Lipinski definition) is 1. The first-order chi connectivity index (χ1) is 7.56. The number of rotatable bonds is 5. The lowest BCUT2D eigenvalue weighted by molar-refractivity contribution is 0.445. The van der Waals surface area contributed by atoms with E-state index in [4.69, 9.17) is 5.02 Å². The van der Waals surface area contributed by atoms with Crippen molar-refractivity contribution in [2.75, 3.05) is 13.1 Å². The Morgan fingerprint density at radius 3 is 2.44 bits per heavy atom. The standard InChI is InChI=1S/C10H15BNO3S/c1-3-12(4-2)16(14,15)10-7-5-6-9(8-10)11-13/h5-8,13H,3-4H2,1-2H3. The molecule has 0 spiro atoms. The average molecular weight is 240 g/mol. The van der Waals surface area contributed by atoms with E-state index in [1.54, 1.807) is 26.0 Å². The molecular formula is C10H15BNO3S. The van der Waals surface area contributed by atoms with Gasteiger partial charge in [-0.3, -0.25) is 0 Å². The van der Waals surface area contributed by atoms with Crippen LogP contribution in [0.1, 0.15) is 13.8 Å². The van der Waals surface area contributed by atoms with E-state index in [0.717, 1.165) is 7.48 Å². The molecule has 1 aromatic carbocycles. The molecule has 1 N–H and O–H groups in total. The lowest BCUT2D eigenvalue weighted by Crippen LogP contribution is -2.31. The molecule has 1 aromatic rings. The van der Waals surface area contributed by atoms with Gasteiger partial charge in [-0.05, 0) is 12.1 Å². The highest BCUT2D eigenvalue weighted by Crippen LogP contribution is 2.13. The van der Waals surface area contributed by atoms with Crippen molar-refractivity contribution in [1.82, 2.24) is 4.31 Å². The van der Waals surface area contributed by atoms with Crippen LogP contribution in [0.15, 0.2) is 29.2 Å². The molecule has 0 aliphatic heterocycles. The highest BCUT2D eigenvalue weighted by molar-refractivity contribution is 7.89. The summed E-state index contributed by atoms with van der Waals surface area (Å²) in [7, 11) is -2.54. The summed E-state index contributed by atoms with van der Waals surface area (Å²) in [4.78, 5) is 0.207.